The van der Waals surface area contributed by atoms with E-state index >= 15 is 0 Å². The van der Waals surface area contributed by atoms with Crippen molar-refractivity contribution in [1.82, 2.24) is 4.90 Å². The lowest BCUT2D eigenvalue weighted by Gasteiger charge is -2.08. The van der Waals surface area contributed by atoms with Crippen LogP contribution in [0.3, 0.4) is 0 Å². The Morgan fingerprint density at radius 2 is 2.14 bits per heavy atom. The summed E-state index contributed by atoms with van der Waals surface area (Å²) in [6.07, 6.45) is 0. The molecule has 1 aromatic rings. The lowest BCUT2D eigenvalue weighted by atomic mass is 10.1. The molecule has 0 amide bonds. The normalized spacial score (nSPS) is 10.6. The van der Waals surface area contributed by atoms with Gasteiger partial charge in [-0.3, -0.25) is 4.79 Å². The predicted octanol–water partition coefficient (Wildman–Crippen LogP) is 2.22. The minimum atomic E-state index is -0.506. The molecule has 0 saturated heterocycles. The van der Waals surface area contributed by atoms with Gasteiger partial charge in [-0.05, 0) is 32.3 Å². The van der Waals surface area contributed by atoms with Crippen LogP contribution in [0.2, 0.25) is 5.02 Å². The fourth-order valence-electron chi connectivity index (χ4n) is 1.05. The molecule has 0 aliphatic rings. The molecule has 0 aliphatic heterocycles. The molecule has 0 radical (unpaired) electrons. The number of benzene rings is 1. The van der Waals surface area contributed by atoms with Gasteiger partial charge in [0.1, 0.15) is 5.82 Å². The molecule has 0 aliphatic carbocycles. The summed E-state index contributed by atoms with van der Waals surface area (Å²) in [7, 11) is 3.59. The van der Waals surface area contributed by atoms with Crippen molar-refractivity contribution < 1.29 is 9.18 Å². The van der Waals surface area contributed by atoms with Crippen molar-refractivity contribution >= 4 is 17.4 Å². The van der Waals surface area contributed by atoms with E-state index in [-0.39, 0.29) is 10.8 Å². The standard InChI is InChI=1S/C10H11ClFNO/c1-13(2)6-10(14)7-3-4-9(12)8(11)5-7/h3-5H,6H2,1-2H3. The van der Waals surface area contributed by atoms with Gasteiger partial charge < -0.3 is 4.90 Å². The van der Waals surface area contributed by atoms with Crippen LogP contribution >= 0.6 is 11.6 Å². The lowest BCUT2D eigenvalue weighted by molar-refractivity contribution is 0.0958. The quantitative estimate of drug-likeness (QED) is 0.721. The van der Waals surface area contributed by atoms with Crippen LogP contribution in [0, 0.1) is 5.82 Å². The molecule has 1 rings (SSSR count). The number of carbonyl (C=O) groups excluding carboxylic acids is 1. The van der Waals surface area contributed by atoms with Crippen molar-refractivity contribution in [2.45, 2.75) is 0 Å². The Morgan fingerprint density at radius 3 is 2.64 bits per heavy atom. The number of rotatable bonds is 3. The van der Waals surface area contributed by atoms with Crippen molar-refractivity contribution in [2.75, 3.05) is 20.6 Å². The van der Waals surface area contributed by atoms with E-state index in [4.69, 9.17) is 11.6 Å². The van der Waals surface area contributed by atoms with Crippen LogP contribution in [0.15, 0.2) is 18.2 Å². The summed E-state index contributed by atoms with van der Waals surface area (Å²) in [5.41, 5.74) is 0.435. The van der Waals surface area contributed by atoms with E-state index < -0.39 is 5.82 Å². The van der Waals surface area contributed by atoms with Crippen LogP contribution in [-0.4, -0.2) is 31.3 Å². The third kappa shape index (κ3) is 2.79. The number of nitrogens with zero attached hydrogens (tertiary/aromatic N) is 1. The maximum atomic E-state index is 12.8. The number of carbonyl (C=O) groups is 1. The van der Waals surface area contributed by atoms with E-state index in [1.165, 1.54) is 18.2 Å². The zero-order valence-electron chi connectivity index (χ0n) is 8.05. The van der Waals surface area contributed by atoms with Crippen molar-refractivity contribution in [3.05, 3.63) is 34.6 Å². The highest BCUT2D eigenvalue weighted by Gasteiger charge is 2.09. The maximum Gasteiger partial charge on any atom is 0.176 e. The maximum absolute atomic E-state index is 12.8. The third-order valence-electron chi connectivity index (χ3n) is 1.70. The Balaban J connectivity index is 2.86. The number of ketones is 1. The summed E-state index contributed by atoms with van der Waals surface area (Å²) in [4.78, 5) is 13.2. The number of halogens is 2. The van der Waals surface area contributed by atoms with Crippen LogP contribution in [0.1, 0.15) is 10.4 Å². The molecule has 0 bridgehead atoms. The van der Waals surface area contributed by atoms with Crippen molar-refractivity contribution in [2.24, 2.45) is 0 Å². The van der Waals surface area contributed by atoms with Crippen molar-refractivity contribution in [1.29, 1.82) is 0 Å². The first kappa shape index (κ1) is 11.1. The molecule has 0 saturated carbocycles. The van der Waals surface area contributed by atoms with Gasteiger partial charge >= 0.3 is 0 Å². The van der Waals surface area contributed by atoms with Crippen molar-refractivity contribution in [3.8, 4) is 0 Å². The Morgan fingerprint density at radius 1 is 1.50 bits per heavy atom. The second-order valence-electron chi connectivity index (χ2n) is 3.29. The van der Waals surface area contributed by atoms with Gasteiger partial charge in [-0.2, -0.15) is 0 Å². The first-order chi connectivity index (χ1) is 6.50. The number of Topliss-reactive ketones (excluding diaryl/α,β-unsaturated/α-hetero) is 1. The van der Waals surface area contributed by atoms with Gasteiger partial charge in [-0.25, -0.2) is 4.39 Å². The molecule has 0 aromatic heterocycles. The Hall–Kier alpha value is -0.930. The lowest BCUT2D eigenvalue weighted by Crippen LogP contribution is -2.21. The second kappa shape index (κ2) is 4.53. The highest BCUT2D eigenvalue weighted by atomic mass is 35.5. The van der Waals surface area contributed by atoms with E-state index in [9.17, 15) is 9.18 Å². The minimum absolute atomic E-state index is 0.0189. The zero-order valence-corrected chi connectivity index (χ0v) is 8.81. The molecular formula is C10H11ClFNO. The molecule has 0 spiro atoms. The monoisotopic (exact) mass is 215 g/mol. The number of hydrogen-bond donors (Lipinski definition) is 0. The third-order valence-corrected chi connectivity index (χ3v) is 1.99. The topological polar surface area (TPSA) is 20.3 Å². The molecule has 76 valence electrons. The molecule has 2 nitrogen and oxygen atoms in total. The molecule has 0 fully saturated rings. The van der Waals surface area contributed by atoms with Gasteiger partial charge in [0.05, 0.1) is 11.6 Å². The average molecular weight is 216 g/mol. The van der Waals surface area contributed by atoms with Gasteiger partial charge in [-0.15, -0.1) is 0 Å². The van der Waals surface area contributed by atoms with Gasteiger partial charge in [0.15, 0.2) is 5.78 Å². The van der Waals surface area contributed by atoms with Gasteiger partial charge in [0.2, 0.25) is 0 Å². The molecule has 0 heterocycles. The Kier molecular flexibility index (Phi) is 3.61. The molecule has 14 heavy (non-hydrogen) atoms. The number of hydrogen-bond acceptors (Lipinski definition) is 2. The summed E-state index contributed by atoms with van der Waals surface area (Å²) in [6, 6.07) is 3.99. The first-order valence-electron chi connectivity index (χ1n) is 4.13. The number of likely N-dealkylation sites (N-methyl/N-ethyl adjacent to an activating group) is 1. The van der Waals surface area contributed by atoms with Gasteiger partial charge in [-0.1, -0.05) is 11.6 Å². The fraction of sp³-hybridized carbons (Fsp3) is 0.300. The van der Waals surface area contributed by atoms with Crippen LogP contribution in [0.25, 0.3) is 0 Å². The Bertz CT molecular complexity index is 352. The summed E-state index contributed by atoms with van der Waals surface area (Å²) >= 11 is 5.55. The predicted molar refractivity (Wildman–Crippen MR) is 54.3 cm³/mol. The SMILES string of the molecule is CN(C)CC(=O)c1ccc(F)c(Cl)c1. The molecular weight excluding hydrogens is 205 g/mol. The first-order valence-corrected chi connectivity index (χ1v) is 4.51. The minimum Gasteiger partial charge on any atom is -0.302 e. The van der Waals surface area contributed by atoms with Crippen LogP contribution in [0.4, 0.5) is 4.39 Å². The van der Waals surface area contributed by atoms with E-state index in [0.717, 1.165) is 0 Å². The van der Waals surface area contributed by atoms with E-state index in [1.54, 1.807) is 19.0 Å². The summed E-state index contributed by atoms with van der Waals surface area (Å²) in [5.74, 6) is -0.579. The highest BCUT2D eigenvalue weighted by molar-refractivity contribution is 6.31. The zero-order chi connectivity index (χ0) is 10.7. The van der Waals surface area contributed by atoms with Gasteiger partial charge in [0.25, 0.3) is 0 Å². The molecule has 0 N–H and O–H groups in total. The van der Waals surface area contributed by atoms with E-state index in [0.29, 0.717) is 12.1 Å². The summed E-state index contributed by atoms with van der Waals surface area (Å²) < 4.78 is 12.8. The van der Waals surface area contributed by atoms with Crippen LogP contribution in [-0.2, 0) is 0 Å². The molecule has 4 heteroatoms. The molecule has 1 aromatic carbocycles. The smallest absolute Gasteiger partial charge is 0.176 e. The van der Waals surface area contributed by atoms with E-state index in [2.05, 4.69) is 0 Å². The van der Waals surface area contributed by atoms with E-state index in [1.807, 2.05) is 0 Å². The van der Waals surface area contributed by atoms with Gasteiger partial charge in [0, 0.05) is 5.56 Å². The fourth-order valence-corrected chi connectivity index (χ4v) is 1.23. The second-order valence-corrected chi connectivity index (χ2v) is 3.70. The summed E-state index contributed by atoms with van der Waals surface area (Å²) in [6.45, 7) is 0.294. The average Bonchev–Trinajstić information content (AvgIpc) is 2.08. The molecule has 0 unspecified atom stereocenters. The van der Waals surface area contributed by atoms with Crippen molar-refractivity contribution in [3.63, 3.8) is 0 Å². The highest BCUT2D eigenvalue weighted by Crippen LogP contribution is 2.16. The van der Waals surface area contributed by atoms with Crippen LogP contribution < -0.4 is 0 Å². The summed E-state index contributed by atoms with van der Waals surface area (Å²) in [5, 5.41) is -0.0189. The largest absolute Gasteiger partial charge is 0.302 e. The van der Waals surface area contributed by atoms with Crippen LogP contribution in [0.5, 0.6) is 0 Å². The molecule has 0 atom stereocenters. The Labute approximate surface area is 87.3 Å².